The Kier molecular flexibility index (Phi) is 5.42. The summed E-state index contributed by atoms with van der Waals surface area (Å²) in [5.41, 5.74) is 0. The van der Waals surface area contributed by atoms with Crippen LogP contribution in [0.3, 0.4) is 0 Å². The van der Waals surface area contributed by atoms with Crippen molar-refractivity contribution in [3.8, 4) is 0 Å². The van der Waals surface area contributed by atoms with E-state index in [2.05, 4.69) is 29.8 Å². The Morgan fingerprint density at radius 1 is 1.40 bits per heavy atom. The molecule has 3 N–H and O–H groups in total. The first-order chi connectivity index (χ1) is 7.20. The van der Waals surface area contributed by atoms with Crippen molar-refractivity contribution < 1.29 is 4.79 Å². The van der Waals surface area contributed by atoms with Crippen LogP contribution >= 0.6 is 0 Å². The maximum atomic E-state index is 11.2. The van der Waals surface area contributed by atoms with Crippen LogP contribution in [0.2, 0.25) is 0 Å². The molecule has 0 aliphatic carbocycles. The average Bonchev–Trinajstić information content (AvgIpc) is 2.57. The molecule has 1 aliphatic rings. The molecule has 0 aromatic carbocycles. The lowest BCUT2D eigenvalue weighted by molar-refractivity contribution is 0.217. The van der Waals surface area contributed by atoms with Crippen molar-refractivity contribution in [3.05, 3.63) is 0 Å². The van der Waals surface area contributed by atoms with Gasteiger partial charge in [0.25, 0.3) is 0 Å². The van der Waals surface area contributed by atoms with E-state index in [1.165, 1.54) is 0 Å². The lowest BCUT2D eigenvalue weighted by Crippen LogP contribution is -2.37. The molecule has 1 saturated heterocycles. The highest BCUT2D eigenvalue weighted by Gasteiger charge is 2.17. The molecule has 0 aromatic heterocycles. The van der Waals surface area contributed by atoms with Crippen molar-refractivity contribution in [2.45, 2.75) is 19.9 Å². The smallest absolute Gasteiger partial charge is 0.317 e. The number of urea groups is 1. The predicted octanol–water partition coefficient (Wildman–Crippen LogP) is -0.401. The van der Waals surface area contributed by atoms with E-state index in [9.17, 15) is 4.79 Å². The SMILES string of the molecule is CC(C)NCCNCCN1CCNC1=O. The number of carbonyl (C=O) groups is 1. The summed E-state index contributed by atoms with van der Waals surface area (Å²) in [6, 6.07) is 0.605. The number of nitrogens with one attached hydrogen (secondary N) is 3. The van der Waals surface area contributed by atoms with Crippen LogP contribution in [-0.2, 0) is 0 Å². The molecule has 15 heavy (non-hydrogen) atoms. The molecule has 1 aliphatic heterocycles. The Hall–Kier alpha value is -0.810. The van der Waals surface area contributed by atoms with E-state index in [0.29, 0.717) is 6.04 Å². The van der Waals surface area contributed by atoms with Crippen molar-refractivity contribution in [2.75, 3.05) is 39.3 Å². The lowest BCUT2D eigenvalue weighted by atomic mass is 10.4. The van der Waals surface area contributed by atoms with Crippen LogP contribution in [-0.4, -0.2) is 56.2 Å². The second-order valence-corrected chi connectivity index (χ2v) is 4.08. The second-order valence-electron chi connectivity index (χ2n) is 4.08. The third-order valence-corrected chi connectivity index (χ3v) is 2.36. The summed E-state index contributed by atoms with van der Waals surface area (Å²) in [6.45, 7) is 9.49. The van der Waals surface area contributed by atoms with Crippen LogP contribution in [0.15, 0.2) is 0 Å². The van der Waals surface area contributed by atoms with Crippen LogP contribution < -0.4 is 16.0 Å². The zero-order valence-corrected chi connectivity index (χ0v) is 9.68. The Labute approximate surface area is 91.6 Å². The van der Waals surface area contributed by atoms with E-state index >= 15 is 0 Å². The molecule has 2 amide bonds. The summed E-state index contributed by atoms with van der Waals surface area (Å²) in [5.74, 6) is 0. The van der Waals surface area contributed by atoms with E-state index in [1.54, 1.807) is 0 Å². The monoisotopic (exact) mass is 214 g/mol. The standard InChI is InChI=1S/C10H22N4O/c1-9(2)12-4-3-11-5-7-14-8-6-13-10(14)15/h9,11-12H,3-8H2,1-2H3,(H,13,15). The van der Waals surface area contributed by atoms with Gasteiger partial charge < -0.3 is 20.9 Å². The van der Waals surface area contributed by atoms with Gasteiger partial charge in [0.2, 0.25) is 0 Å². The summed E-state index contributed by atoms with van der Waals surface area (Å²) in [6.07, 6.45) is 0. The molecule has 88 valence electrons. The Morgan fingerprint density at radius 2 is 2.20 bits per heavy atom. The number of hydrogen-bond donors (Lipinski definition) is 3. The zero-order chi connectivity index (χ0) is 11.1. The van der Waals surface area contributed by atoms with Gasteiger partial charge in [-0.1, -0.05) is 13.8 Å². The molecule has 0 spiro atoms. The Morgan fingerprint density at radius 3 is 2.80 bits per heavy atom. The topological polar surface area (TPSA) is 56.4 Å². The quantitative estimate of drug-likeness (QED) is 0.505. The molecule has 0 saturated carbocycles. The molecule has 0 atom stereocenters. The fraction of sp³-hybridized carbons (Fsp3) is 0.900. The van der Waals surface area contributed by atoms with Gasteiger partial charge >= 0.3 is 6.03 Å². The molecule has 0 bridgehead atoms. The summed E-state index contributed by atoms with van der Waals surface area (Å²) >= 11 is 0. The third kappa shape index (κ3) is 4.99. The van der Waals surface area contributed by atoms with Crippen molar-refractivity contribution in [1.82, 2.24) is 20.9 Å². The normalized spacial score (nSPS) is 16.2. The zero-order valence-electron chi connectivity index (χ0n) is 9.68. The van der Waals surface area contributed by atoms with E-state index in [4.69, 9.17) is 0 Å². The predicted molar refractivity (Wildman–Crippen MR) is 61.0 cm³/mol. The van der Waals surface area contributed by atoms with Gasteiger partial charge in [0.15, 0.2) is 0 Å². The van der Waals surface area contributed by atoms with Gasteiger partial charge in [0.05, 0.1) is 0 Å². The van der Waals surface area contributed by atoms with Gasteiger partial charge in [-0.3, -0.25) is 0 Å². The number of hydrogen-bond acceptors (Lipinski definition) is 3. The van der Waals surface area contributed by atoms with Crippen molar-refractivity contribution in [2.24, 2.45) is 0 Å². The van der Waals surface area contributed by atoms with Gasteiger partial charge in [-0.05, 0) is 0 Å². The molecule has 5 heteroatoms. The molecular weight excluding hydrogens is 192 g/mol. The lowest BCUT2D eigenvalue weighted by Gasteiger charge is -2.14. The van der Waals surface area contributed by atoms with E-state index in [0.717, 1.165) is 39.3 Å². The maximum absolute atomic E-state index is 11.2. The van der Waals surface area contributed by atoms with Gasteiger partial charge in [0.1, 0.15) is 0 Å². The maximum Gasteiger partial charge on any atom is 0.317 e. The first-order valence-corrected chi connectivity index (χ1v) is 5.67. The average molecular weight is 214 g/mol. The van der Waals surface area contributed by atoms with Crippen molar-refractivity contribution >= 4 is 6.03 Å². The molecule has 1 fully saturated rings. The Balaban J connectivity index is 1.90. The van der Waals surface area contributed by atoms with Gasteiger partial charge in [0, 0.05) is 45.3 Å². The third-order valence-electron chi connectivity index (χ3n) is 2.36. The van der Waals surface area contributed by atoms with E-state index in [1.807, 2.05) is 4.90 Å². The van der Waals surface area contributed by atoms with Crippen LogP contribution in [0, 0.1) is 0 Å². The van der Waals surface area contributed by atoms with E-state index in [-0.39, 0.29) is 6.03 Å². The summed E-state index contributed by atoms with van der Waals surface area (Å²) in [4.78, 5) is 13.0. The van der Waals surface area contributed by atoms with Gasteiger partial charge in [-0.25, -0.2) is 4.79 Å². The van der Waals surface area contributed by atoms with Gasteiger partial charge in [-0.2, -0.15) is 0 Å². The van der Waals surface area contributed by atoms with Crippen LogP contribution in [0.5, 0.6) is 0 Å². The molecule has 0 radical (unpaired) electrons. The van der Waals surface area contributed by atoms with Crippen LogP contribution in [0.25, 0.3) is 0 Å². The fourth-order valence-corrected chi connectivity index (χ4v) is 1.51. The van der Waals surface area contributed by atoms with Crippen molar-refractivity contribution in [3.63, 3.8) is 0 Å². The summed E-state index contributed by atoms with van der Waals surface area (Å²) in [7, 11) is 0. The minimum absolute atomic E-state index is 0.0668. The fourth-order valence-electron chi connectivity index (χ4n) is 1.51. The van der Waals surface area contributed by atoms with Crippen LogP contribution in [0.1, 0.15) is 13.8 Å². The van der Waals surface area contributed by atoms with Crippen molar-refractivity contribution in [1.29, 1.82) is 0 Å². The number of rotatable bonds is 7. The minimum atomic E-state index is 0.0668. The highest BCUT2D eigenvalue weighted by atomic mass is 16.2. The number of amides is 2. The van der Waals surface area contributed by atoms with E-state index < -0.39 is 0 Å². The highest BCUT2D eigenvalue weighted by molar-refractivity contribution is 5.76. The Bertz CT molecular complexity index is 196. The molecular formula is C10H22N4O. The summed E-state index contributed by atoms with van der Waals surface area (Å²) in [5, 5.41) is 9.41. The molecule has 1 rings (SSSR count). The first-order valence-electron chi connectivity index (χ1n) is 5.67. The molecule has 5 nitrogen and oxygen atoms in total. The molecule has 1 heterocycles. The van der Waals surface area contributed by atoms with Gasteiger partial charge in [-0.15, -0.1) is 0 Å². The first kappa shape index (κ1) is 12.3. The van der Waals surface area contributed by atoms with Crippen LogP contribution in [0.4, 0.5) is 4.79 Å². The number of nitrogens with zero attached hydrogens (tertiary/aromatic N) is 1. The molecule has 0 unspecified atom stereocenters. The minimum Gasteiger partial charge on any atom is -0.336 e. The summed E-state index contributed by atoms with van der Waals surface area (Å²) < 4.78 is 0. The highest BCUT2D eigenvalue weighted by Crippen LogP contribution is 1.93. The number of carbonyl (C=O) groups excluding carboxylic acids is 1. The largest absolute Gasteiger partial charge is 0.336 e. The molecule has 0 aromatic rings. The second kappa shape index (κ2) is 6.63.